The predicted molar refractivity (Wildman–Crippen MR) is 81.2 cm³/mol. The molecular weight excluding hydrogens is 252 g/mol. The third-order valence-electron chi connectivity index (χ3n) is 4.12. The lowest BCUT2D eigenvalue weighted by molar-refractivity contribution is -0.156. The Morgan fingerprint density at radius 2 is 1.85 bits per heavy atom. The lowest BCUT2D eigenvalue weighted by Gasteiger charge is -2.45. The van der Waals surface area contributed by atoms with Crippen LogP contribution in [0.2, 0.25) is 0 Å². The van der Waals surface area contributed by atoms with Gasteiger partial charge in [0.25, 0.3) is 0 Å². The van der Waals surface area contributed by atoms with E-state index in [-0.39, 0.29) is 29.2 Å². The van der Waals surface area contributed by atoms with Crippen molar-refractivity contribution < 1.29 is 9.59 Å². The standard InChI is InChI=1S/C16H30N2O2/c1-8-11(2)12-13(19)17-16(6,7)14(20)18(12)10-9-15(3,4)5/h11-12H,8-10H2,1-7H3,(H,17,19). The highest BCUT2D eigenvalue weighted by molar-refractivity contribution is 5.99. The number of nitrogens with one attached hydrogen (secondary N) is 1. The highest BCUT2D eigenvalue weighted by Gasteiger charge is 2.46. The fourth-order valence-electron chi connectivity index (χ4n) is 2.55. The highest BCUT2D eigenvalue weighted by atomic mass is 16.2. The number of piperazine rings is 1. The van der Waals surface area contributed by atoms with E-state index in [1.54, 1.807) is 18.7 Å². The molecular formula is C16H30N2O2. The van der Waals surface area contributed by atoms with Crippen molar-refractivity contribution in [2.75, 3.05) is 6.54 Å². The molecule has 1 rings (SSSR count). The second-order valence-electron chi connectivity index (χ2n) is 7.75. The van der Waals surface area contributed by atoms with Crippen LogP contribution in [-0.2, 0) is 9.59 Å². The van der Waals surface area contributed by atoms with Gasteiger partial charge in [0.2, 0.25) is 11.8 Å². The van der Waals surface area contributed by atoms with Crippen molar-refractivity contribution in [3.63, 3.8) is 0 Å². The highest BCUT2D eigenvalue weighted by Crippen LogP contribution is 2.27. The molecule has 0 aromatic heterocycles. The molecule has 0 saturated carbocycles. The Balaban J connectivity index is 3.00. The topological polar surface area (TPSA) is 49.4 Å². The maximum absolute atomic E-state index is 12.7. The van der Waals surface area contributed by atoms with Gasteiger partial charge in [-0.05, 0) is 31.6 Å². The van der Waals surface area contributed by atoms with Crippen LogP contribution in [0.25, 0.3) is 0 Å². The quantitative estimate of drug-likeness (QED) is 0.861. The molecule has 2 amide bonds. The van der Waals surface area contributed by atoms with Gasteiger partial charge in [-0.25, -0.2) is 0 Å². The summed E-state index contributed by atoms with van der Waals surface area (Å²) in [6.07, 6.45) is 1.78. The van der Waals surface area contributed by atoms with Gasteiger partial charge in [0.1, 0.15) is 11.6 Å². The lowest BCUT2D eigenvalue weighted by atomic mass is 9.87. The zero-order valence-corrected chi connectivity index (χ0v) is 14.0. The first-order valence-electron chi connectivity index (χ1n) is 7.62. The summed E-state index contributed by atoms with van der Waals surface area (Å²) in [5.41, 5.74) is -0.642. The number of hydrogen-bond acceptors (Lipinski definition) is 2. The molecule has 2 unspecified atom stereocenters. The average Bonchev–Trinajstić information content (AvgIpc) is 2.29. The molecule has 0 bridgehead atoms. The van der Waals surface area contributed by atoms with Crippen LogP contribution in [0.15, 0.2) is 0 Å². The van der Waals surface area contributed by atoms with Gasteiger partial charge in [-0.2, -0.15) is 0 Å². The number of carbonyl (C=O) groups is 2. The van der Waals surface area contributed by atoms with Gasteiger partial charge in [0, 0.05) is 6.54 Å². The average molecular weight is 282 g/mol. The Morgan fingerprint density at radius 1 is 1.30 bits per heavy atom. The lowest BCUT2D eigenvalue weighted by Crippen LogP contribution is -2.69. The molecule has 0 aliphatic carbocycles. The van der Waals surface area contributed by atoms with Crippen LogP contribution in [-0.4, -0.2) is 34.8 Å². The van der Waals surface area contributed by atoms with E-state index in [0.717, 1.165) is 12.8 Å². The van der Waals surface area contributed by atoms with Crippen LogP contribution in [0.3, 0.4) is 0 Å². The molecule has 0 aromatic rings. The number of amides is 2. The maximum atomic E-state index is 12.7. The fourth-order valence-corrected chi connectivity index (χ4v) is 2.55. The molecule has 1 heterocycles. The van der Waals surface area contributed by atoms with Crippen molar-refractivity contribution in [1.29, 1.82) is 0 Å². The molecule has 4 heteroatoms. The third kappa shape index (κ3) is 3.74. The molecule has 1 aliphatic heterocycles. The van der Waals surface area contributed by atoms with Crippen molar-refractivity contribution in [3.8, 4) is 0 Å². The first-order valence-corrected chi connectivity index (χ1v) is 7.62. The summed E-state index contributed by atoms with van der Waals surface area (Å²) in [4.78, 5) is 26.8. The predicted octanol–water partition coefficient (Wildman–Crippen LogP) is 2.57. The van der Waals surface area contributed by atoms with E-state index in [0.29, 0.717) is 6.54 Å². The minimum absolute atomic E-state index is 0.0159. The molecule has 4 nitrogen and oxygen atoms in total. The van der Waals surface area contributed by atoms with E-state index in [1.807, 2.05) is 6.92 Å². The first-order chi connectivity index (χ1) is 8.99. The monoisotopic (exact) mass is 282 g/mol. The number of carbonyl (C=O) groups excluding carboxylic acids is 2. The summed E-state index contributed by atoms with van der Waals surface area (Å²) in [7, 11) is 0. The van der Waals surface area contributed by atoms with Gasteiger partial charge in [0.15, 0.2) is 0 Å². The zero-order valence-electron chi connectivity index (χ0n) is 14.0. The van der Waals surface area contributed by atoms with Gasteiger partial charge in [-0.1, -0.05) is 41.0 Å². The molecule has 1 fully saturated rings. The summed E-state index contributed by atoms with van der Waals surface area (Å²) in [5, 5.41) is 2.87. The van der Waals surface area contributed by atoms with Crippen molar-refractivity contribution in [1.82, 2.24) is 10.2 Å². The molecule has 1 saturated heterocycles. The minimum atomic E-state index is -0.793. The fraction of sp³-hybridized carbons (Fsp3) is 0.875. The van der Waals surface area contributed by atoms with Crippen molar-refractivity contribution in [2.45, 2.75) is 72.9 Å². The molecule has 1 aliphatic rings. The SMILES string of the molecule is CCC(C)C1C(=O)NC(C)(C)C(=O)N1CCC(C)(C)C. The Kier molecular flexibility index (Phi) is 4.88. The maximum Gasteiger partial charge on any atom is 0.248 e. The third-order valence-corrected chi connectivity index (χ3v) is 4.12. The molecule has 2 atom stereocenters. The summed E-state index contributed by atoms with van der Waals surface area (Å²) < 4.78 is 0. The van der Waals surface area contributed by atoms with Gasteiger partial charge in [0.05, 0.1) is 0 Å². The number of hydrogen-bond donors (Lipinski definition) is 1. The van der Waals surface area contributed by atoms with E-state index >= 15 is 0 Å². The van der Waals surface area contributed by atoms with Crippen molar-refractivity contribution in [2.24, 2.45) is 11.3 Å². The Labute approximate surface area is 123 Å². The molecule has 0 radical (unpaired) electrons. The van der Waals surface area contributed by atoms with Gasteiger partial charge in [-0.3, -0.25) is 9.59 Å². The Hall–Kier alpha value is -1.06. The second-order valence-corrected chi connectivity index (χ2v) is 7.75. The van der Waals surface area contributed by atoms with Crippen LogP contribution in [0.4, 0.5) is 0 Å². The molecule has 0 spiro atoms. The first kappa shape index (κ1) is 17.0. The summed E-state index contributed by atoms with van der Waals surface area (Å²) in [5.74, 6) is 0.194. The smallest absolute Gasteiger partial charge is 0.248 e. The zero-order chi connectivity index (χ0) is 15.7. The summed E-state index contributed by atoms with van der Waals surface area (Å²) in [6.45, 7) is 14.8. The molecule has 0 aromatic carbocycles. The van der Waals surface area contributed by atoms with Crippen molar-refractivity contribution in [3.05, 3.63) is 0 Å². The minimum Gasteiger partial charge on any atom is -0.340 e. The van der Waals surface area contributed by atoms with E-state index in [2.05, 4.69) is 33.0 Å². The van der Waals surface area contributed by atoms with Crippen LogP contribution < -0.4 is 5.32 Å². The van der Waals surface area contributed by atoms with E-state index < -0.39 is 5.54 Å². The number of rotatable bonds is 4. The molecule has 116 valence electrons. The molecule has 20 heavy (non-hydrogen) atoms. The number of nitrogens with zero attached hydrogens (tertiary/aromatic N) is 1. The Bertz CT molecular complexity index is 382. The van der Waals surface area contributed by atoms with Gasteiger partial charge >= 0.3 is 0 Å². The normalized spacial score (nSPS) is 24.6. The largest absolute Gasteiger partial charge is 0.340 e. The van der Waals surface area contributed by atoms with E-state index in [9.17, 15) is 9.59 Å². The molecule has 1 N–H and O–H groups in total. The van der Waals surface area contributed by atoms with E-state index in [1.165, 1.54) is 0 Å². The summed E-state index contributed by atoms with van der Waals surface area (Å²) in [6, 6.07) is -0.331. The Morgan fingerprint density at radius 3 is 2.30 bits per heavy atom. The van der Waals surface area contributed by atoms with Crippen LogP contribution in [0.1, 0.15) is 61.3 Å². The van der Waals surface area contributed by atoms with Crippen LogP contribution >= 0.6 is 0 Å². The van der Waals surface area contributed by atoms with Gasteiger partial charge < -0.3 is 10.2 Å². The van der Waals surface area contributed by atoms with Crippen molar-refractivity contribution >= 4 is 11.8 Å². The van der Waals surface area contributed by atoms with Crippen LogP contribution in [0, 0.1) is 11.3 Å². The van der Waals surface area contributed by atoms with E-state index in [4.69, 9.17) is 0 Å². The van der Waals surface area contributed by atoms with Gasteiger partial charge in [-0.15, -0.1) is 0 Å². The summed E-state index contributed by atoms with van der Waals surface area (Å²) >= 11 is 0. The van der Waals surface area contributed by atoms with Crippen LogP contribution in [0.5, 0.6) is 0 Å². The second kappa shape index (κ2) is 5.74.